The first-order chi connectivity index (χ1) is 13.4. The summed E-state index contributed by atoms with van der Waals surface area (Å²) in [7, 11) is -2.44. The number of amides is 1. The Kier molecular flexibility index (Phi) is 6.07. The number of carbonyl (C=O) groups excluding carboxylic acids is 1. The van der Waals surface area contributed by atoms with Crippen LogP contribution in [0.4, 0.5) is 0 Å². The second kappa shape index (κ2) is 8.34. The number of fused-ring (bicyclic) bond motifs is 1. The Labute approximate surface area is 167 Å². The van der Waals surface area contributed by atoms with Gasteiger partial charge in [-0.2, -0.15) is 0 Å². The Balaban J connectivity index is 1.95. The number of pyridine rings is 1. The molecule has 0 saturated heterocycles. The summed E-state index contributed by atoms with van der Waals surface area (Å²) in [6.45, 7) is 0.521. The van der Waals surface area contributed by atoms with Crippen LogP contribution in [0.2, 0.25) is 5.02 Å². The minimum absolute atomic E-state index is 0.0399. The topological polar surface area (TPSA) is 106 Å². The van der Waals surface area contributed by atoms with E-state index in [1.54, 1.807) is 0 Å². The van der Waals surface area contributed by atoms with Crippen LogP contribution in [0.3, 0.4) is 0 Å². The van der Waals surface area contributed by atoms with Crippen molar-refractivity contribution in [2.75, 3.05) is 33.4 Å². The van der Waals surface area contributed by atoms with Crippen LogP contribution in [-0.2, 0) is 15.6 Å². The molecular formula is C18H19ClN2O6S. The summed E-state index contributed by atoms with van der Waals surface area (Å²) in [6, 6.07) is 5.79. The SMILES string of the molecule is COc1ccc(Cl)cc1S(=O)(=O)Cc1cnc2c(c1)C(=O)N(CCO)CCO2. The summed E-state index contributed by atoms with van der Waals surface area (Å²) in [4.78, 5) is 18.2. The van der Waals surface area contributed by atoms with E-state index < -0.39 is 15.6 Å². The number of benzene rings is 1. The summed E-state index contributed by atoms with van der Waals surface area (Å²) in [5.74, 6) is -0.432. The monoisotopic (exact) mass is 426 g/mol. The molecule has 1 aliphatic heterocycles. The number of aliphatic hydroxyl groups is 1. The van der Waals surface area contributed by atoms with Crippen LogP contribution in [0.25, 0.3) is 0 Å². The molecule has 0 fully saturated rings. The van der Waals surface area contributed by atoms with Gasteiger partial charge in [-0.05, 0) is 29.8 Å². The Hall–Kier alpha value is -2.36. The number of nitrogens with zero attached hydrogens (tertiary/aromatic N) is 2. The normalized spacial score (nSPS) is 14.2. The third-order valence-corrected chi connectivity index (χ3v) is 6.15. The van der Waals surface area contributed by atoms with Gasteiger partial charge in [-0.3, -0.25) is 4.79 Å². The van der Waals surface area contributed by atoms with E-state index in [0.717, 1.165) is 0 Å². The lowest BCUT2D eigenvalue weighted by atomic mass is 10.2. The maximum Gasteiger partial charge on any atom is 0.259 e. The highest BCUT2D eigenvalue weighted by Gasteiger charge is 2.27. The summed E-state index contributed by atoms with van der Waals surface area (Å²) in [5, 5.41) is 9.40. The number of hydrogen-bond acceptors (Lipinski definition) is 7. The van der Waals surface area contributed by atoms with Crippen molar-refractivity contribution >= 4 is 27.3 Å². The Bertz CT molecular complexity index is 996. The van der Waals surface area contributed by atoms with Crippen molar-refractivity contribution in [1.29, 1.82) is 0 Å². The van der Waals surface area contributed by atoms with Crippen molar-refractivity contribution in [3.63, 3.8) is 0 Å². The van der Waals surface area contributed by atoms with Crippen molar-refractivity contribution < 1.29 is 27.8 Å². The molecule has 1 aromatic heterocycles. The van der Waals surface area contributed by atoms with E-state index in [4.69, 9.17) is 26.2 Å². The highest BCUT2D eigenvalue weighted by atomic mass is 35.5. The molecule has 3 rings (SSSR count). The molecule has 0 spiro atoms. The van der Waals surface area contributed by atoms with E-state index >= 15 is 0 Å². The summed E-state index contributed by atoms with van der Waals surface area (Å²) < 4.78 is 36.4. The number of aliphatic hydroxyl groups excluding tert-OH is 1. The fourth-order valence-electron chi connectivity index (χ4n) is 2.89. The van der Waals surface area contributed by atoms with E-state index in [-0.39, 0.29) is 52.8 Å². The molecule has 0 saturated carbocycles. The van der Waals surface area contributed by atoms with Gasteiger partial charge in [0.05, 0.1) is 26.0 Å². The Morgan fingerprint density at radius 1 is 1.36 bits per heavy atom. The van der Waals surface area contributed by atoms with Crippen LogP contribution >= 0.6 is 11.6 Å². The van der Waals surface area contributed by atoms with E-state index in [1.807, 2.05) is 0 Å². The average Bonchev–Trinajstić information content (AvgIpc) is 2.81. The summed E-state index contributed by atoms with van der Waals surface area (Å²) in [6.07, 6.45) is 1.36. The third-order valence-electron chi connectivity index (χ3n) is 4.21. The van der Waals surface area contributed by atoms with Gasteiger partial charge in [-0.1, -0.05) is 11.6 Å². The van der Waals surface area contributed by atoms with Crippen molar-refractivity contribution in [3.8, 4) is 11.6 Å². The number of carbonyl (C=O) groups is 1. The molecular weight excluding hydrogens is 408 g/mol. The van der Waals surface area contributed by atoms with E-state index in [1.165, 1.54) is 42.5 Å². The minimum atomic E-state index is -3.81. The zero-order valence-corrected chi connectivity index (χ0v) is 16.7. The van der Waals surface area contributed by atoms with Crippen LogP contribution in [0.15, 0.2) is 35.4 Å². The fraction of sp³-hybridized carbons (Fsp3) is 0.333. The van der Waals surface area contributed by atoms with E-state index in [0.29, 0.717) is 12.1 Å². The Morgan fingerprint density at radius 3 is 2.86 bits per heavy atom. The molecule has 0 aliphatic carbocycles. The van der Waals surface area contributed by atoms with E-state index in [2.05, 4.69) is 4.98 Å². The molecule has 8 nitrogen and oxygen atoms in total. The van der Waals surface area contributed by atoms with Crippen molar-refractivity contribution in [2.24, 2.45) is 0 Å². The summed E-state index contributed by atoms with van der Waals surface area (Å²) >= 11 is 5.94. The second-order valence-corrected chi connectivity index (χ2v) is 8.51. The Morgan fingerprint density at radius 2 is 2.14 bits per heavy atom. The molecule has 1 aromatic carbocycles. The van der Waals surface area contributed by atoms with Gasteiger partial charge in [0, 0.05) is 17.8 Å². The predicted molar refractivity (Wildman–Crippen MR) is 102 cm³/mol. The van der Waals surface area contributed by atoms with Crippen LogP contribution in [-0.4, -0.2) is 62.7 Å². The number of ether oxygens (including phenoxy) is 2. The molecule has 1 aliphatic rings. The quantitative estimate of drug-likeness (QED) is 0.746. The van der Waals surface area contributed by atoms with Crippen LogP contribution in [0.5, 0.6) is 11.6 Å². The largest absolute Gasteiger partial charge is 0.495 e. The number of sulfone groups is 1. The standard InChI is InChI=1S/C18H19ClN2O6S/c1-26-15-3-2-13(19)9-16(15)28(24,25)11-12-8-14-17(20-10-12)27-7-5-21(4-6-22)18(14)23/h2-3,8-10,22H,4-7,11H2,1H3. The first-order valence-corrected chi connectivity index (χ1v) is 10.5. The van der Waals surface area contributed by atoms with Crippen LogP contribution in [0, 0.1) is 0 Å². The second-order valence-electron chi connectivity index (χ2n) is 6.11. The van der Waals surface area contributed by atoms with Crippen molar-refractivity contribution in [3.05, 3.63) is 46.6 Å². The van der Waals surface area contributed by atoms with Gasteiger partial charge in [-0.15, -0.1) is 0 Å². The first kappa shape index (κ1) is 20.4. The molecule has 2 heterocycles. The molecule has 0 atom stereocenters. The van der Waals surface area contributed by atoms with Gasteiger partial charge in [0.15, 0.2) is 9.84 Å². The predicted octanol–water partition coefficient (Wildman–Crippen LogP) is 1.54. The highest BCUT2D eigenvalue weighted by molar-refractivity contribution is 7.90. The molecule has 1 N–H and O–H groups in total. The maximum atomic E-state index is 12.9. The lowest BCUT2D eigenvalue weighted by molar-refractivity contribution is 0.0721. The zero-order chi connectivity index (χ0) is 20.3. The lowest BCUT2D eigenvalue weighted by Gasteiger charge is -2.18. The number of aromatic nitrogens is 1. The van der Waals surface area contributed by atoms with Crippen LogP contribution < -0.4 is 9.47 Å². The number of halogens is 1. The van der Waals surface area contributed by atoms with E-state index in [9.17, 15) is 13.2 Å². The molecule has 10 heteroatoms. The smallest absolute Gasteiger partial charge is 0.259 e. The average molecular weight is 427 g/mol. The summed E-state index contributed by atoms with van der Waals surface area (Å²) in [5.41, 5.74) is 0.486. The fourth-order valence-corrected chi connectivity index (χ4v) is 4.65. The van der Waals surface area contributed by atoms with Crippen molar-refractivity contribution in [2.45, 2.75) is 10.6 Å². The molecule has 1 amide bonds. The van der Waals surface area contributed by atoms with Crippen LogP contribution in [0.1, 0.15) is 15.9 Å². The number of β-amino-alcohol motifs (C(OH)–C–C–N with tert-alkyl or cyclic N) is 1. The lowest BCUT2D eigenvalue weighted by Crippen LogP contribution is -2.34. The highest BCUT2D eigenvalue weighted by Crippen LogP contribution is 2.30. The molecule has 0 radical (unpaired) electrons. The minimum Gasteiger partial charge on any atom is -0.495 e. The number of hydrogen-bond donors (Lipinski definition) is 1. The first-order valence-electron chi connectivity index (χ1n) is 8.44. The molecule has 0 unspecified atom stereocenters. The van der Waals surface area contributed by atoms with Crippen molar-refractivity contribution in [1.82, 2.24) is 9.88 Å². The third kappa shape index (κ3) is 4.21. The number of methoxy groups -OCH3 is 1. The zero-order valence-electron chi connectivity index (χ0n) is 15.1. The van der Waals surface area contributed by atoms with Gasteiger partial charge in [0.1, 0.15) is 22.8 Å². The van der Waals surface area contributed by atoms with Gasteiger partial charge in [0.25, 0.3) is 5.91 Å². The molecule has 150 valence electrons. The van der Waals surface area contributed by atoms with Gasteiger partial charge in [-0.25, -0.2) is 13.4 Å². The van der Waals surface area contributed by atoms with Gasteiger partial charge < -0.3 is 19.5 Å². The van der Waals surface area contributed by atoms with Gasteiger partial charge >= 0.3 is 0 Å². The number of rotatable bonds is 6. The maximum absolute atomic E-state index is 12.9. The molecule has 0 bridgehead atoms. The molecule has 2 aromatic rings. The van der Waals surface area contributed by atoms with Gasteiger partial charge in [0.2, 0.25) is 5.88 Å². The molecule has 28 heavy (non-hydrogen) atoms.